The lowest BCUT2D eigenvalue weighted by Gasteiger charge is -2.44. The van der Waals surface area contributed by atoms with Crippen molar-refractivity contribution >= 4 is 23.9 Å². The van der Waals surface area contributed by atoms with Gasteiger partial charge < -0.3 is 20.0 Å². The van der Waals surface area contributed by atoms with Crippen LogP contribution in [0, 0.1) is 0 Å². The number of hydrogen-bond donors (Lipinski definition) is 1. The normalized spacial score (nSPS) is 30.3. The Balaban J connectivity index is 1.15. The number of piperazine rings is 1. The van der Waals surface area contributed by atoms with Gasteiger partial charge >= 0.3 is 12.1 Å². The number of nitrogens with one attached hydrogen (secondary N) is 1. The molecule has 0 aromatic heterocycles. The standard InChI is InChI=1S/C30H35N5O4/c1-20(36)32-14-13-25(24(18-32)22-11-7-4-8-12-22)31-28(38)33-15-16-34-29(39)35(27(37)30(34,2)19-33)26-17-23(26)21-9-5-3-6-10-21/h3-12,23-26H,13-19H2,1-2H3,(H,31,38)/t23-,24+,25+,26+,30+/m1/s1. The van der Waals surface area contributed by atoms with Crippen molar-refractivity contribution in [1.29, 1.82) is 0 Å². The molecule has 204 valence electrons. The van der Waals surface area contributed by atoms with E-state index in [4.69, 9.17) is 0 Å². The Labute approximate surface area is 228 Å². The van der Waals surface area contributed by atoms with Crippen molar-refractivity contribution in [2.24, 2.45) is 0 Å². The number of fused-ring (bicyclic) bond motifs is 1. The van der Waals surface area contributed by atoms with Crippen LogP contribution in [0.4, 0.5) is 9.59 Å². The van der Waals surface area contributed by atoms with Gasteiger partial charge in [-0.2, -0.15) is 0 Å². The van der Waals surface area contributed by atoms with Gasteiger partial charge in [0.2, 0.25) is 5.91 Å². The van der Waals surface area contributed by atoms with E-state index in [2.05, 4.69) is 5.32 Å². The number of likely N-dealkylation sites (tertiary alicyclic amines) is 1. The molecule has 5 atom stereocenters. The summed E-state index contributed by atoms with van der Waals surface area (Å²) in [6.07, 6.45) is 1.42. The summed E-state index contributed by atoms with van der Waals surface area (Å²) in [6.45, 7) is 5.33. The molecule has 3 heterocycles. The molecule has 0 spiro atoms. The van der Waals surface area contributed by atoms with E-state index in [-0.39, 0.29) is 54.3 Å². The quantitative estimate of drug-likeness (QED) is 0.617. The van der Waals surface area contributed by atoms with Crippen LogP contribution in [0.1, 0.15) is 49.7 Å². The molecule has 4 fully saturated rings. The topological polar surface area (TPSA) is 93.3 Å². The molecule has 2 aromatic rings. The number of carbonyl (C=O) groups excluding carboxylic acids is 4. The summed E-state index contributed by atoms with van der Waals surface area (Å²) in [7, 11) is 0. The van der Waals surface area contributed by atoms with E-state index in [1.165, 1.54) is 4.90 Å². The van der Waals surface area contributed by atoms with Crippen LogP contribution in [0.25, 0.3) is 0 Å². The minimum Gasteiger partial charge on any atom is -0.342 e. The summed E-state index contributed by atoms with van der Waals surface area (Å²) < 4.78 is 0. The third-order valence-electron chi connectivity index (χ3n) is 9.00. The van der Waals surface area contributed by atoms with E-state index >= 15 is 0 Å². The third kappa shape index (κ3) is 4.43. The zero-order chi connectivity index (χ0) is 27.3. The average molecular weight is 530 g/mol. The molecule has 6 amide bonds. The largest absolute Gasteiger partial charge is 0.342 e. The Morgan fingerprint density at radius 1 is 0.872 bits per heavy atom. The second kappa shape index (κ2) is 9.70. The van der Waals surface area contributed by atoms with E-state index < -0.39 is 5.54 Å². The molecule has 9 heteroatoms. The predicted molar refractivity (Wildman–Crippen MR) is 145 cm³/mol. The Kier molecular flexibility index (Phi) is 6.32. The number of rotatable bonds is 4. The number of nitrogens with zero attached hydrogens (tertiary/aromatic N) is 4. The highest BCUT2D eigenvalue weighted by Crippen LogP contribution is 2.48. The highest BCUT2D eigenvalue weighted by Gasteiger charge is 2.62. The van der Waals surface area contributed by atoms with E-state index in [1.54, 1.807) is 23.6 Å². The Morgan fingerprint density at radius 3 is 2.15 bits per heavy atom. The maximum Gasteiger partial charge on any atom is 0.328 e. The summed E-state index contributed by atoms with van der Waals surface area (Å²) >= 11 is 0. The minimum atomic E-state index is -1.08. The van der Waals surface area contributed by atoms with Gasteiger partial charge in [0.25, 0.3) is 5.91 Å². The second-order valence-electron chi connectivity index (χ2n) is 11.5. The number of urea groups is 2. The summed E-state index contributed by atoms with van der Waals surface area (Å²) in [5.41, 5.74) is 1.14. The van der Waals surface area contributed by atoms with Gasteiger partial charge in [0.1, 0.15) is 5.54 Å². The first-order valence-corrected chi connectivity index (χ1v) is 13.8. The number of hydrogen-bond acceptors (Lipinski definition) is 4. The van der Waals surface area contributed by atoms with Crippen LogP contribution in [-0.2, 0) is 9.59 Å². The van der Waals surface area contributed by atoms with Gasteiger partial charge in [-0.25, -0.2) is 9.59 Å². The number of imide groups is 1. The van der Waals surface area contributed by atoms with E-state index in [9.17, 15) is 19.2 Å². The lowest BCUT2D eigenvalue weighted by molar-refractivity contribution is -0.134. The summed E-state index contributed by atoms with van der Waals surface area (Å²) in [5.74, 6) is -0.0480. The molecule has 4 aliphatic rings. The van der Waals surface area contributed by atoms with Crippen molar-refractivity contribution in [3.05, 3.63) is 71.8 Å². The first-order valence-electron chi connectivity index (χ1n) is 13.8. The number of benzene rings is 2. The molecule has 0 unspecified atom stereocenters. The Morgan fingerprint density at radius 2 is 1.51 bits per heavy atom. The third-order valence-corrected chi connectivity index (χ3v) is 9.00. The van der Waals surface area contributed by atoms with Crippen LogP contribution in [-0.4, -0.2) is 93.8 Å². The second-order valence-corrected chi connectivity index (χ2v) is 11.5. The van der Waals surface area contributed by atoms with Crippen molar-refractivity contribution in [3.8, 4) is 0 Å². The highest BCUT2D eigenvalue weighted by molar-refractivity contribution is 6.08. The first kappa shape index (κ1) is 25.4. The molecule has 3 aliphatic heterocycles. The fourth-order valence-corrected chi connectivity index (χ4v) is 6.66. The highest BCUT2D eigenvalue weighted by atomic mass is 16.2. The lowest BCUT2D eigenvalue weighted by atomic mass is 9.86. The zero-order valence-corrected chi connectivity index (χ0v) is 22.5. The smallest absolute Gasteiger partial charge is 0.328 e. The van der Waals surface area contributed by atoms with Crippen LogP contribution >= 0.6 is 0 Å². The average Bonchev–Trinajstić information content (AvgIpc) is 3.70. The molecule has 6 rings (SSSR count). The van der Waals surface area contributed by atoms with Crippen molar-refractivity contribution in [2.75, 3.05) is 32.7 Å². The van der Waals surface area contributed by atoms with Crippen LogP contribution in [0.2, 0.25) is 0 Å². The van der Waals surface area contributed by atoms with Gasteiger partial charge in [0, 0.05) is 57.0 Å². The Hall–Kier alpha value is -3.88. The molecule has 3 saturated heterocycles. The summed E-state index contributed by atoms with van der Waals surface area (Å²) in [4.78, 5) is 59.3. The molecular formula is C30H35N5O4. The number of amides is 6. The van der Waals surface area contributed by atoms with E-state index in [0.717, 1.165) is 17.5 Å². The summed E-state index contributed by atoms with van der Waals surface area (Å²) in [6, 6.07) is 19.2. The first-order chi connectivity index (χ1) is 18.8. The molecule has 2 aromatic carbocycles. The molecule has 0 radical (unpaired) electrons. The maximum atomic E-state index is 13.7. The fraction of sp³-hybridized carbons (Fsp3) is 0.467. The molecule has 39 heavy (non-hydrogen) atoms. The predicted octanol–water partition coefficient (Wildman–Crippen LogP) is 3.00. The Bertz CT molecular complexity index is 1290. The van der Waals surface area contributed by atoms with Crippen LogP contribution in [0.15, 0.2) is 60.7 Å². The van der Waals surface area contributed by atoms with Crippen LogP contribution in [0.5, 0.6) is 0 Å². The van der Waals surface area contributed by atoms with Gasteiger partial charge in [0.05, 0.1) is 6.54 Å². The summed E-state index contributed by atoms with van der Waals surface area (Å²) in [5, 5.41) is 3.22. The fourth-order valence-electron chi connectivity index (χ4n) is 6.66. The molecular weight excluding hydrogens is 494 g/mol. The zero-order valence-electron chi connectivity index (χ0n) is 22.5. The maximum absolute atomic E-state index is 13.7. The van der Waals surface area contributed by atoms with Crippen molar-refractivity contribution < 1.29 is 19.2 Å². The van der Waals surface area contributed by atoms with Crippen molar-refractivity contribution in [1.82, 2.24) is 24.9 Å². The number of carbonyl (C=O) groups is 4. The molecule has 1 aliphatic carbocycles. The lowest BCUT2D eigenvalue weighted by Crippen LogP contribution is -2.64. The van der Waals surface area contributed by atoms with E-state index in [1.807, 2.05) is 65.6 Å². The SMILES string of the molecule is CC(=O)N1CC[C@H](NC(=O)N2CCN3C(=O)N([C@H]4C[C@@H]4c4ccccc4)C(=O)[C@]3(C)C2)[C@H](c2ccccc2)C1. The van der Waals surface area contributed by atoms with Crippen molar-refractivity contribution in [2.45, 2.75) is 56.1 Å². The molecule has 0 bridgehead atoms. The molecule has 9 nitrogen and oxygen atoms in total. The van der Waals surface area contributed by atoms with Gasteiger partial charge in [0.15, 0.2) is 0 Å². The monoisotopic (exact) mass is 529 g/mol. The minimum absolute atomic E-state index is 0.0281. The van der Waals surface area contributed by atoms with Crippen LogP contribution < -0.4 is 5.32 Å². The number of piperidine rings is 1. The van der Waals surface area contributed by atoms with Crippen molar-refractivity contribution in [3.63, 3.8) is 0 Å². The molecule has 1 saturated carbocycles. The van der Waals surface area contributed by atoms with Gasteiger partial charge in [-0.15, -0.1) is 0 Å². The van der Waals surface area contributed by atoms with Gasteiger partial charge in [-0.05, 0) is 30.9 Å². The van der Waals surface area contributed by atoms with E-state index in [0.29, 0.717) is 32.6 Å². The molecule has 1 N–H and O–H groups in total. The van der Waals surface area contributed by atoms with Gasteiger partial charge in [-0.1, -0.05) is 60.7 Å². The van der Waals surface area contributed by atoms with Crippen LogP contribution in [0.3, 0.4) is 0 Å². The van der Waals surface area contributed by atoms with Gasteiger partial charge in [-0.3, -0.25) is 14.5 Å².